The van der Waals surface area contributed by atoms with Crippen molar-refractivity contribution in [1.29, 1.82) is 0 Å². The molecule has 1 saturated heterocycles. The lowest BCUT2D eigenvalue weighted by atomic mass is 10.0. The predicted molar refractivity (Wildman–Crippen MR) is 174 cm³/mol. The average Bonchev–Trinajstić information content (AvgIpc) is 3.24. The number of nitrogens with zero attached hydrogens (tertiary/aromatic N) is 4. The summed E-state index contributed by atoms with van der Waals surface area (Å²) in [5.41, 5.74) is 3.65. The van der Waals surface area contributed by atoms with E-state index >= 15 is 0 Å². The molecule has 0 atom stereocenters. The summed E-state index contributed by atoms with van der Waals surface area (Å²) in [7, 11) is -1.58. The standard InChI is InChI=1S/C32H36ClFN6O4S/c1-22-30(31(33)38(2)36-22)21-40(27-10-6-24(34)7-11-27)32(41)35-25-16-18-39(19-17-25)20-23-4-12-28(13-5-23)44-29-14-8-26(9-15-29)37-45(3,42)43/h4-15,25,37H,16-21H2,1-3H3,(H,35,41). The fourth-order valence-electron chi connectivity index (χ4n) is 5.26. The quantitative estimate of drug-likeness (QED) is 0.215. The molecule has 45 heavy (non-hydrogen) atoms. The molecule has 2 amide bonds. The summed E-state index contributed by atoms with van der Waals surface area (Å²) < 4.78 is 46.3. The van der Waals surface area contributed by atoms with E-state index in [1.165, 1.54) is 12.1 Å². The van der Waals surface area contributed by atoms with Gasteiger partial charge in [0.15, 0.2) is 0 Å². The van der Waals surface area contributed by atoms with Crippen LogP contribution in [-0.4, -0.2) is 54.5 Å². The van der Waals surface area contributed by atoms with Gasteiger partial charge in [0.1, 0.15) is 22.5 Å². The average molecular weight is 655 g/mol. The smallest absolute Gasteiger partial charge is 0.322 e. The number of hydrogen-bond acceptors (Lipinski definition) is 6. The van der Waals surface area contributed by atoms with Crippen LogP contribution in [0.5, 0.6) is 11.5 Å². The number of amides is 2. The number of benzene rings is 3. The van der Waals surface area contributed by atoms with E-state index in [9.17, 15) is 17.6 Å². The summed E-state index contributed by atoms with van der Waals surface area (Å²) in [5, 5.41) is 7.99. The molecule has 1 aliphatic heterocycles. The van der Waals surface area contributed by atoms with Gasteiger partial charge in [0, 0.05) is 49.7 Å². The number of nitrogens with one attached hydrogen (secondary N) is 2. The first-order valence-corrected chi connectivity index (χ1v) is 16.8. The molecule has 13 heteroatoms. The van der Waals surface area contributed by atoms with Gasteiger partial charge in [-0.05, 0) is 86.0 Å². The fourth-order valence-corrected chi connectivity index (χ4v) is 6.06. The number of sulfonamides is 1. The number of urea groups is 1. The van der Waals surface area contributed by atoms with Gasteiger partial charge in [0.25, 0.3) is 0 Å². The normalized spacial score (nSPS) is 14.2. The van der Waals surface area contributed by atoms with Crippen LogP contribution in [0.1, 0.15) is 29.7 Å². The Kier molecular flexibility index (Phi) is 9.96. The van der Waals surface area contributed by atoms with Crippen molar-refractivity contribution in [2.45, 2.75) is 38.9 Å². The maximum atomic E-state index is 13.7. The number of halogens is 2. The maximum Gasteiger partial charge on any atom is 0.322 e. The molecule has 0 bridgehead atoms. The Bertz CT molecular complexity index is 1720. The minimum atomic E-state index is -3.34. The van der Waals surface area contributed by atoms with Gasteiger partial charge in [-0.1, -0.05) is 23.7 Å². The van der Waals surface area contributed by atoms with Gasteiger partial charge in [-0.25, -0.2) is 17.6 Å². The Morgan fingerprint density at radius 1 is 1.02 bits per heavy atom. The summed E-state index contributed by atoms with van der Waals surface area (Å²) >= 11 is 6.47. The number of anilines is 2. The molecule has 0 spiro atoms. The van der Waals surface area contributed by atoms with Crippen molar-refractivity contribution in [3.05, 3.63) is 101 Å². The molecule has 2 N–H and O–H groups in total. The van der Waals surface area contributed by atoms with Gasteiger partial charge in [0.2, 0.25) is 10.0 Å². The van der Waals surface area contributed by atoms with Crippen molar-refractivity contribution in [2.75, 3.05) is 29.0 Å². The minimum absolute atomic E-state index is 0.00281. The third-order valence-electron chi connectivity index (χ3n) is 7.61. The Balaban J connectivity index is 1.13. The van der Waals surface area contributed by atoms with Crippen LogP contribution in [0.4, 0.5) is 20.6 Å². The lowest BCUT2D eigenvalue weighted by Gasteiger charge is -2.34. The van der Waals surface area contributed by atoms with Gasteiger partial charge in [0.05, 0.1) is 18.5 Å². The molecule has 1 aromatic heterocycles. The van der Waals surface area contributed by atoms with E-state index in [-0.39, 0.29) is 24.4 Å². The number of aryl methyl sites for hydroxylation is 2. The van der Waals surface area contributed by atoms with Crippen LogP contribution in [0.2, 0.25) is 5.15 Å². The highest BCUT2D eigenvalue weighted by atomic mass is 35.5. The zero-order chi connectivity index (χ0) is 32.1. The van der Waals surface area contributed by atoms with E-state index in [0.29, 0.717) is 28.0 Å². The number of carbonyl (C=O) groups excluding carboxylic acids is 1. The van der Waals surface area contributed by atoms with Gasteiger partial charge < -0.3 is 10.1 Å². The fraction of sp³-hybridized carbons (Fsp3) is 0.312. The first-order chi connectivity index (χ1) is 21.4. The van der Waals surface area contributed by atoms with Crippen LogP contribution in [-0.2, 0) is 30.2 Å². The van der Waals surface area contributed by atoms with Crippen molar-refractivity contribution < 1.29 is 22.3 Å². The Morgan fingerprint density at radius 2 is 1.62 bits per heavy atom. The van der Waals surface area contributed by atoms with Crippen molar-refractivity contribution in [1.82, 2.24) is 20.0 Å². The summed E-state index contributed by atoms with van der Waals surface area (Å²) in [6.07, 6.45) is 2.69. The number of hydrogen-bond donors (Lipinski definition) is 2. The van der Waals surface area contributed by atoms with Crippen molar-refractivity contribution >= 4 is 39.0 Å². The summed E-state index contributed by atoms with van der Waals surface area (Å²) in [4.78, 5) is 17.5. The second-order valence-electron chi connectivity index (χ2n) is 11.2. The number of aromatic nitrogens is 2. The lowest BCUT2D eigenvalue weighted by Crippen LogP contribution is -2.49. The van der Waals surface area contributed by atoms with E-state index in [4.69, 9.17) is 16.3 Å². The Hall–Kier alpha value is -4.13. The molecular formula is C32H36ClFN6O4S. The van der Waals surface area contributed by atoms with E-state index in [2.05, 4.69) is 20.0 Å². The second-order valence-corrected chi connectivity index (χ2v) is 13.3. The molecule has 0 aliphatic carbocycles. The summed E-state index contributed by atoms with van der Waals surface area (Å²) in [6, 6.07) is 20.1. The first-order valence-electron chi connectivity index (χ1n) is 14.5. The summed E-state index contributed by atoms with van der Waals surface area (Å²) in [5.74, 6) is 0.903. The van der Waals surface area contributed by atoms with Crippen molar-refractivity contribution in [3.63, 3.8) is 0 Å². The van der Waals surface area contributed by atoms with Gasteiger partial charge in [-0.15, -0.1) is 0 Å². The largest absolute Gasteiger partial charge is 0.457 e. The molecule has 2 heterocycles. The molecule has 4 aromatic rings. The Labute approximate surface area is 267 Å². The van der Waals surface area contributed by atoms with Crippen LogP contribution < -0.4 is 19.7 Å². The molecule has 1 fully saturated rings. The number of ether oxygens (including phenoxy) is 1. The summed E-state index contributed by atoms with van der Waals surface area (Å²) in [6.45, 7) is 4.47. The van der Waals surface area contributed by atoms with Crippen LogP contribution >= 0.6 is 11.6 Å². The molecule has 1 aliphatic rings. The maximum absolute atomic E-state index is 13.7. The predicted octanol–water partition coefficient (Wildman–Crippen LogP) is 6.07. The monoisotopic (exact) mass is 654 g/mol. The highest BCUT2D eigenvalue weighted by Crippen LogP contribution is 2.26. The van der Waals surface area contributed by atoms with E-state index in [1.807, 2.05) is 31.2 Å². The van der Waals surface area contributed by atoms with Crippen LogP contribution in [0, 0.1) is 12.7 Å². The SMILES string of the molecule is Cc1nn(C)c(Cl)c1CN(C(=O)NC1CCN(Cc2ccc(Oc3ccc(NS(C)(=O)=O)cc3)cc2)CC1)c1ccc(F)cc1. The number of rotatable bonds is 10. The van der Waals surface area contributed by atoms with Gasteiger partial charge in [-0.2, -0.15) is 5.10 Å². The lowest BCUT2D eigenvalue weighted by molar-refractivity contribution is 0.188. The molecule has 3 aromatic carbocycles. The molecule has 5 rings (SSSR count). The molecule has 10 nitrogen and oxygen atoms in total. The van der Waals surface area contributed by atoms with E-state index in [0.717, 1.165) is 55.6 Å². The second kappa shape index (κ2) is 13.9. The Morgan fingerprint density at radius 3 is 2.18 bits per heavy atom. The number of piperidine rings is 1. The van der Waals surface area contributed by atoms with Crippen molar-refractivity contribution in [3.8, 4) is 11.5 Å². The minimum Gasteiger partial charge on any atom is -0.457 e. The van der Waals surface area contributed by atoms with Crippen molar-refractivity contribution in [2.24, 2.45) is 7.05 Å². The van der Waals surface area contributed by atoms with E-state index < -0.39 is 10.0 Å². The van der Waals surface area contributed by atoms with Gasteiger partial charge in [-0.3, -0.25) is 19.2 Å². The zero-order valence-corrected chi connectivity index (χ0v) is 26.9. The number of carbonyl (C=O) groups is 1. The highest BCUT2D eigenvalue weighted by Gasteiger charge is 2.26. The molecule has 0 unspecified atom stereocenters. The third-order valence-corrected chi connectivity index (χ3v) is 8.69. The zero-order valence-electron chi connectivity index (χ0n) is 25.3. The van der Waals surface area contributed by atoms with Gasteiger partial charge >= 0.3 is 6.03 Å². The highest BCUT2D eigenvalue weighted by molar-refractivity contribution is 7.92. The van der Waals surface area contributed by atoms with Crippen LogP contribution in [0.3, 0.4) is 0 Å². The molecule has 238 valence electrons. The third kappa shape index (κ3) is 8.74. The van der Waals surface area contributed by atoms with E-state index in [1.54, 1.807) is 53.0 Å². The topological polar surface area (TPSA) is 109 Å². The molecular weight excluding hydrogens is 619 g/mol. The van der Waals surface area contributed by atoms with Crippen LogP contribution in [0.15, 0.2) is 72.8 Å². The van der Waals surface area contributed by atoms with Crippen LogP contribution in [0.25, 0.3) is 0 Å². The molecule has 0 saturated carbocycles. The first kappa shape index (κ1) is 32.3. The molecule has 0 radical (unpaired) electrons. The number of likely N-dealkylation sites (tertiary alicyclic amines) is 1.